The molecule has 0 bridgehead atoms. The van der Waals surface area contributed by atoms with E-state index in [0.29, 0.717) is 19.6 Å². The zero-order valence-electron chi connectivity index (χ0n) is 12.5. The van der Waals surface area contributed by atoms with Gasteiger partial charge in [0, 0.05) is 32.6 Å². The molecule has 1 atom stereocenters. The fourth-order valence-corrected chi connectivity index (χ4v) is 2.49. The van der Waals surface area contributed by atoms with E-state index in [2.05, 4.69) is 4.90 Å². The number of nitrogens with zero attached hydrogens (tertiary/aromatic N) is 2. The summed E-state index contributed by atoms with van der Waals surface area (Å²) in [6, 6.07) is 0. The fourth-order valence-electron chi connectivity index (χ4n) is 2.49. The van der Waals surface area contributed by atoms with Crippen LogP contribution >= 0.6 is 0 Å². The minimum Gasteiger partial charge on any atom is -0.481 e. The van der Waals surface area contributed by atoms with Crippen molar-refractivity contribution in [2.45, 2.75) is 39.2 Å². The van der Waals surface area contributed by atoms with Crippen LogP contribution in [0.25, 0.3) is 0 Å². The van der Waals surface area contributed by atoms with Gasteiger partial charge in [-0.3, -0.25) is 14.5 Å². The molecule has 6 nitrogen and oxygen atoms in total. The van der Waals surface area contributed by atoms with Gasteiger partial charge in [0.2, 0.25) is 5.91 Å². The Balaban J connectivity index is 2.24. The molecule has 1 aliphatic rings. The van der Waals surface area contributed by atoms with Crippen molar-refractivity contribution in [3.05, 3.63) is 0 Å². The van der Waals surface area contributed by atoms with Gasteiger partial charge < -0.3 is 14.7 Å². The van der Waals surface area contributed by atoms with Crippen molar-refractivity contribution in [3.8, 4) is 0 Å². The number of amides is 1. The molecule has 0 radical (unpaired) electrons. The third-order valence-electron chi connectivity index (χ3n) is 3.61. The topological polar surface area (TPSA) is 70.1 Å². The van der Waals surface area contributed by atoms with Crippen LogP contribution in [0.2, 0.25) is 0 Å². The Morgan fingerprint density at radius 3 is 2.65 bits per heavy atom. The van der Waals surface area contributed by atoms with Crippen molar-refractivity contribution in [3.63, 3.8) is 0 Å². The molecule has 0 aromatic heterocycles. The van der Waals surface area contributed by atoms with Crippen molar-refractivity contribution in [1.29, 1.82) is 0 Å². The molecule has 1 fully saturated rings. The van der Waals surface area contributed by atoms with Crippen LogP contribution < -0.4 is 0 Å². The molecule has 20 heavy (non-hydrogen) atoms. The Labute approximate surface area is 120 Å². The van der Waals surface area contributed by atoms with Crippen molar-refractivity contribution >= 4 is 11.9 Å². The van der Waals surface area contributed by atoms with E-state index in [1.54, 1.807) is 0 Å². The zero-order chi connectivity index (χ0) is 15.0. The summed E-state index contributed by atoms with van der Waals surface area (Å²) in [6.07, 6.45) is 1.20. The molecule has 0 aromatic carbocycles. The number of rotatable bonds is 8. The molecular weight excluding hydrogens is 260 g/mol. The molecule has 1 N–H and O–H groups in total. The Hall–Kier alpha value is -1.14. The van der Waals surface area contributed by atoms with Gasteiger partial charge in [0.05, 0.1) is 19.1 Å². The number of hydrogen-bond acceptors (Lipinski definition) is 4. The van der Waals surface area contributed by atoms with Gasteiger partial charge in [-0.25, -0.2) is 0 Å². The maximum absolute atomic E-state index is 11.9. The number of aliphatic carboxylic acids is 1. The Bertz CT molecular complexity index is 318. The van der Waals surface area contributed by atoms with Crippen LogP contribution in [0.3, 0.4) is 0 Å². The van der Waals surface area contributed by atoms with Gasteiger partial charge in [0.1, 0.15) is 0 Å². The van der Waals surface area contributed by atoms with Crippen LogP contribution in [0.5, 0.6) is 0 Å². The van der Waals surface area contributed by atoms with E-state index in [4.69, 9.17) is 9.84 Å². The van der Waals surface area contributed by atoms with E-state index in [1.807, 2.05) is 18.7 Å². The highest BCUT2D eigenvalue weighted by atomic mass is 16.5. The first kappa shape index (κ1) is 16.9. The molecule has 1 saturated heterocycles. The molecule has 6 heteroatoms. The summed E-state index contributed by atoms with van der Waals surface area (Å²) >= 11 is 0. The van der Waals surface area contributed by atoms with E-state index in [0.717, 1.165) is 32.6 Å². The van der Waals surface area contributed by atoms with Crippen molar-refractivity contribution in [2.24, 2.45) is 0 Å². The van der Waals surface area contributed by atoms with Gasteiger partial charge in [0.15, 0.2) is 0 Å². The van der Waals surface area contributed by atoms with Crippen LogP contribution in [0, 0.1) is 0 Å². The van der Waals surface area contributed by atoms with Crippen LogP contribution in [0.4, 0.5) is 0 Å². The summed E-state index contributed by atoms with van der Waals surface area (Å²) < 4.78 is 5.42. The van der Waals surface area contributed by atoms with Gasteiger partial charge in [-0.1, -0.05) is 0 Å². The molecule has 0 spiro atoms. The van der Waals surface area contributed by atoms with E-state index in [9.17, 15) is 9.59 Å². The number of carboxylic acid groups (broad SMARTS) is 1. The highest BCUT2D eigenvalue weighted by Gasteiger charge is 2.22. The summed E-state index contributed by atoms with van der Waals surface area (Å²) in [4.78, 5) is 26.6. The predicted molar refractivity (Wildman–Crippen MR) is 75.6 cm³/mol. The molecule has 1 heterocycles. The third kappa shape index (κ3) is 5.88. The SMILES string of the molecule is CCN(CC)C(=O)CCCN1CCOC(CC(=O)O)C1. The number of hydrogen-bond donors (Lipinski definition) is 1. The van der Waals surface area contributed by atoms with E-state index >= 15 is 0 Å². The largest absolute Gasteiger partial charge is 0.481 e. The molecule has 1 amide bonds. The predicted octanol–water partition coefficient (Wildman–Crippen LogP) is 0.811. The average Bonchev–Trinajstić information content (AvgIpc) is 2.40. The number of ether oxygens (including phenoxy) is 1. The second-order valence-electron chi connectivity index (χ2n) is 5.06. The lowest BCUT2D eigenvalue weighted by Crippen LogP contribution is -2.43. The standard InChI is InChI=1S/C14H26N2O4/c1-3-16(4-2)13(17)6-5-7-15-8-9-20-12(11-15)10-14(18)19/h12H,3-11H2,1-2H3,(H,18,19). The van der Waals surface area contributed by atoms with Crippen molar-refractivity contribution < 1.29 is 19.4 Å². The summed E-state index contributed by atoms with van der Waals surface area (Å²) in [7, 11) is 0. The second kappa shape index (κ2) is 8.92. The van der Waals surface area contributed by atoms with Crippen LogP contribution in [-0.4, -0.2) is 72.2 Å². The van der Waals surface area contributed by atoms with E-state index in [-0.39, 0.29) is 18.4 Å². The lowest BCUT2D eigenvalue weighted by Gasteiger charge is -2.32. The van der Waals surface area contributed by atoms with Crippen molar-refractivity contribution in [1.82, 2.24) is 9.80 Å². The van der Waals surface area contributed by atoms with Crippen LogP contribution in [-0.2, 0) is 14.3 Å². The maximum atomic E-state index is 11.9. The first-order valence-electron chi connectivity index (χ1n) is 7.40. The van der Waals surface area contributed by atoms with E-state index in [1.165, 1.54) is 0 Å². The summed E-state index contributed by atoms with van der Waals surface area (Å²) in [5.41, 5.74) is 0. The quantitative estimate of drug-likeness (QED) is 0.715. The Morgan fingerprint density at radius 2 is 2.05 bits per heavy atom. The summed E-state index contributed by atoms with van der Waals surface area (Å²) in [5.74, 6) is -0.626. The highest BCUT2D eigenvalue weighted by molar-refractivity contribution is 5.76. The minimum atomic E-state index is -0.825. The number of morpholine rings is 1. The normalized spacial score (nSPS) is 19.8. The maximum Gasteiger partial charge on any atom is 0.306 e. The monoisotopic (exact) mass is 286 g/mol. The zero-order valence-corrected chi connectivity index (χ0v) is 12.5. The second-order valence-corrected chi connectivity index (χ2v) is 5.06. The van der Waals surface area contributed by atoms with Gasteiger partial charge >= 0.3 is 5.97 Å². The van der Waals surface area contributed by atoms with Crippen LogP contribution in [0.1, 0.15) is 33.1 Å². The molecule has 1 aliphatic heterocycles. The molecule has 1 rings (SSSR count). The Kier molecular flexibility index (Phi) is 7.54. The van der Waals surface area contributed by atoms with Gasteiger partial charge in [0.25, 0.3) is 0 Å². The Morgan fingerprint density at radius 1 is 1.35 bits per heavy atom. The number of carbonyl (C=O) groups excluding carboxylic acids is 1. The molecule has 0 saturated carbocycles. The van der Waals surface area contributed by atoms with Crippen LogP contribution in [0.15, 0.2) is 0 Å². The molecule has 1 unspecified atom stereocenters. The lowest BCUT2D eigenvalue weighted by molar-refractivity contribution is -0.142. The third-order valence-corrected chi connectivity index (χ3v) is 3.61. The van der Waals surface area contributed by atoms with Gasteiger partial charge in [-0.2, -0.15) is 0 Å². The highest BCUT2D eigenvalue weighted by Crippen LogP contribution is 2.10. The summed E-state index contributed by atoms with van der Waals surface area (Å²) in [6.45, 7) is 8.34. The molecule has 116 valence electrons. The fraction of sp³-hybridized carbons (Fsp3) is 0.857. The van der Waals surface area contributed by atoms with Gasteiger partial charge in [-0.15, -0.1) is 0 Å². The van der Waals surface area contributed by atoms with Gasteiger partial charge in [-0.05, 0) is 26.8 Å². The molecular formula is C14H26N2O4. The molecule has 0 aliphatic carbocycles. The minimum absolute atomic E-state index is 0.0505. The number of carbonyl (C=O) groups is 2. The molecule has 0 aromatic rings. The van der Waals surface area contributed by atoms with Crippen molar-refractivity contribution in [2.75, 3.05) is 39.3 Å². The lowest BCUT2D eigenvalue weighted by atomic mass is 10.2. The first-order chi connectivity index (χ1) is 9.56. The number of carboxylic acids is 1. The first-order valence-corrected chi connectivity index (χ1v) is 7.40. The summed E-state index contributed by atoms with van der Waals surface area (Å²) in [5, 5.41) is 8.77. The smallest absolute Gasteiger partial charge is 0.306 e. The van der Waals surface area contributed by atoms with E-state index < -0.39 is 5.97 Å². The average molecular weight is 286 g/mol.